The van der Waals surface area contributed by atoms with Crippen LogP contribution in [0.2, 0.25) is 0 Å². The van der Waals surface area contributed by atoms with Crippen LogP contribution in [0.3, 0.4) is 0 Å². The molecule has 6 nitrogen and oxygen atoms in total. The molecule has 0 bridgehead atoms. The lowest BCUT2D eigenvalue weighted by Gasteiger charge is -2.21. The molecule has 0 aromatic heterocycles. The van der Waals surface area contributed by atoms with Crippen LogP contribution >= 0.6 is 23.7 Å². The predicted molar refractivity (Wildman–Crippen MR) is 111 cm³/mol. The maximum Gasteiger partial charge on any atom is 0.293 e. The second kappa shape index (κ2) is 10.4. The normalized spacial score (nSPS) is 12.2. The van der Waals surface area contributed by atoms with Crippen molar-refractivity contribution in [1.29, 1.82) is 0 Å². The number of benzene rings is 2. The SMILES string of the molecule is CN(C)CCC(CSc1ccccc1)Nc1ccc(SN)cc1[N+](=O)[O-]. The van der Waals surface area contributed by atoms with Crippen molar-refractivity contribution < 1.29 is 4.92 Å². The third kappa shape index (κ3) is 6.53. The summed E-state index contributed by atoms with van der Waals surface area (Å²) in [4.78, 5) is 15.0. The third-order valence-electron chi connectivity index (χ3n) is 3.78. The van der Waals surface area contributed by atoms with Crippen LogP contribution in [0.4, 0.5) is 11.4 Å². The molecular formula is C18H24N4O2S2. The summed E-state index contributed by atoms with van der Waals surface area (Å²) in [6.07, 6.45) is 0.886. The van der Waals surface area contributed by atoms with Gasteiger partial charge < -0.3 is 10.2 Å². The molecular weight excluding hydrogens is 368 g/mol. The Kier molecular flexibility index (Phi) is 8.24. The zero-order chi connectivity index (χ0) is 18.9. The van der Waals surface area contributed by atoms with Gasteiger partial charge in [0.2, 0.25) is 0 Å². The van der Waals surface area contributed by atoms with E-state index in [4.69, 9.17) is 5.14 Å². The van der Waals surface area contributed by atoms with E-state index < -0.39 is 0 Å². The summed E-state index contributed by atoms with van der Waals surface area (Å²) in [6.45, 7) is 0.900. The molecule has 2 aromatic rings. The summed E-state index contributed by atoms with van der Waals surface area (Å²) in [6, 6.07) is 15.3. The molecule has 0 aliphatic rings. The van der Waals surface area contributed by atoms with E-state index >= 15 is 0 Å². The molecule has 8 heteroatoms. The monoisotopic (exact) mass is 392 g/mol. The third-order valence-corrected chi connectivity index (χ3v) is 5.48. The Hall–Kier alpha value is -1.74. The van der Waals surface area contributed by atoms with Crippen LogP contribution in [-0.2, 0) is 0 Å². The highest BCUT2D eigenvalue weighted by molar-refractivity contribution is 7.99. The smallest absolute Gasteiger partial charge is 0.293 e. The minimum absolute atomic E-state index is 0.0556. The summed E-state index contributed by atoms with van der Waals surface area (Å²) in [5.74, 6) is 0.822. The van der Waals surface area contributed by atoms with E-state index in [1.807, 2.05) is 32.3 Å². The average Bonchev–Trinajstić information content (AvgIpc) is 2.64. The second-order valence-corrected chi connectivity index (χ2v) is 7.91. The predicted octanol–water partition coefficient (Wildman–Crippen LogP) is 4.09. The maximum atomic E-state index is 11.4. The Morgan fingerprint density at radius 3 is 2.54 bits per heavy atom. The number of nitrogens with two attached hydrogens (primary N) is 1. The fourth-order valence-corrected chi connectivity index (χ4v) is 3.72. The average molecular weight is 393 g/mol. The number of nitrogens with one attached hydrogen (secondary N) is 1. The molecule has 0 radical (unpaired) electrons. The molecule has 2 rings (SSSR count). The molecule has 0 fully saturated rings. The van der Waals surface area contributed by atoms with Crippen molar-refractivity contribution in [2.45, 2.75) is 22.3 Å². The highest BCUT2D eigenvalue weighted by Crippen LogP contribution is 2.30. The number of nitrogens with zero attached hydrogens (tertiary/aromatic N) is 2. The van der Waals surface area contributed by atoms with Gasteiger partial charge in [0.25, 0.3) is 5.69 Å². The fraction of sp³-hybridized carbons (Fsp3) is 0.333. The first-order chi connectivity index (χ1) is 12.5. The number of thioether (sulfide) groups is 1. The van der Waals surface area contributed by atoms with E-state index in [0.29, 0.717) is 10.6 Å². The first-order valence-corrected chi connectivity index (χ1v) is 10.1. The van der Waals surface area contributed by atoms with Gasteiger partial charge >= 0.3 is 0 Å². The quantitative estimate of drug-likeness (QED) is 0.273. The molecule has 26 heavy (non-hydrogen) atoms. The lowest BCUT2D eigenvalue weighted by molar-refractivity contribution is -0.384. The molecule has 0 saturated carbocycles. The van der Waals surface area contributed by atoms with Gasteiger partial charge in [-0.25, -0.2) is 0 Å². The molecule has 0 amide bonds. The van der Waals surface area contributed by atoms with E-state index in [2.05, 4.69) is 22.3 Å². The molecule has 0 spiro atoms. The Morgan fingerprint density at radius 2 is 1.92 bits per heavy atom. The van der Waals surface area contributed by atoms with Gasteiger partial charge in [0, 0.05) is 27.7 Å². The Labute approximate surface area is 162 Å². The Bertz CT molecular complexity index is 714. The molecule has 140 valence electrons. The number of anilines is 1. The van der Waals surface area contributed by atoms with Crippen LogP contribution in [0.15, 0.2) is 58.3 Å². The summed E-state index contributed by atoms with van der Waals surface area (Å²) >= 11 is 2.75. The van der Waals surface area contributed by atoms with Crippen LogP contribution in [0.25, 0.3) is 0 Å². The molecule has 0 aliphatic heterocycles. The maximum absolute atomic E-state index is 11.4. The van der Waals surface area contributed by atoms with Crippen molar-refractivity contribution in [3.63, 3.8) is 0 Å². The van der Waals surface area contributed by atoms with Crippen LogP contribution < -0.4 is 10.5 Å². The molecule has 3 N–H and O–H groups in total. The zero-order valence-corrected chi connectivity index (χ0v) is 16.6. The lowest BCUT2D eigenvalue weighted by atomic mass is 10.2. The van der Waals surface area contributed by atoms with E-state index in [1.54, 1.807) is 23.9 Å². The summed E-state index contributed by atoms with van der Waals surface area (Å²) in [5, 5.41) is 20.3. The van der Waals surface area contributed by atoms with Gasteiger partial charge in [-0.3, -0.25) is 15.3 Å². The van der Waals surface area contributed by atoms with Gasteiger partial charge in [0.05, 0.1) is 4.92 Å². The van der Waals surface area contributed by atoms with E-state index in [1.165, 1.54) is 11.0 Å². The number of rotatable bonds is 10. The van der Waals surface area contributed by atoms with Gasteiger partial charge in [-0.15, -0.1) is 11.8 Å². The molecule has 1 atom stereocenters. The first-order valence-electron chi connectivity index (χ1n) is 8.24. The van der Waals surface area contributed by atoms with Crippen molar-refractivity contribution in [3.8, 4) is 0 Å². The lowest BCUT2D eigenvalue weighted by Crippen LogP contribution is -2.28. The van der Waals surface area contributed by atoms with Gasteiger partial charge in [0.15, 0.2) is 0 Å². The van der Waals surface area contributed by atoms with Gasteiger partial charge in [-0.2, -0.15) is 0 Å². The van der Waals surface area contributed by atoms with Crippen molar-refractivity contribution in [2.75, 3.05) is 31.7 Å². The van der Waals surface area contributed by atoms with E-state index in [9.17, 15) is 10.1 Å². The second-order valence-electron chi connectivity index (χ2n) is 6.11. The van der Waals surface area contributed by atoms with Gasteiger partial charge in [-0.05, 0) is 63.3 Å². The van der Waals surface area contributed by atoms with Crippen molar-refractivity contribution >= 4 is 35.1 Å². The van der Waals surface area contributed by atoms with Crippen molar-refractivity contribution in [1.82, 2.24) is 4.90 Å². The van der Waals surface area contributed by atoms with Gasteiger partial charge in [-0.1, -0.05) is 18.2 Å². The Balaban J connectivity index is 2.13. The zero-order valence-electron chi connectivity index (χ0n) is 14.9. The van der Waals surface area contributed by atoms with Crippen LogP contribution in [0.1, 0.15) is 6.42 Å². The highest BCUT2D eigenvalue weighted by Gasteiger charge is 2.18. The molecule has 0 aliphatic carbocycles. The standard InChI is InChI=1S/C18H24N4O2S2/c1-21(2)11-10-14(13-25-15-6-4-3-5-7-15)20-17-9-8-16(26-19)12-18(17)22(23)24/h3-9,12,14,20H,10-11,13,19H2,1-2H3. The summed E-state index contributed by atoms with van der Waals surface area (Å²) in [5.41, 5.74) is 0.588. The summed E-state index contributed by atoms with van der Waals surface area (Å²) < 4.78 is 0. The van der Waals surface area contributed by atoms with E-state index in [0.717, 1.165) is 30.7 Å². The van der Waals surface area contributed by atoms with Crippen molar-refractivity contribution in [3.05, 3.63) is 58.6 Å². The number of nitro benzene ring substituents is 1. The topological polar surface area (TPSA) is 84.4 Å². The largest absolute Gasteiger partial charge is 0.376 e. The van der Waals surface area contributed by atoms with Gasteiger partial charge in [0.1, 0.15) is 5.69 Å². The minimum Gasteiger partial charge on any atom is -0.376 e. The minimum atomic E-state index is -0.366. The number of nitro groups is 1. The molecule has 2 aromatic carbocycles. The first kappa shape index (κ1) is 20.6. The van der Waals surface area contributed by atoms with E-state index in [-0.39, 0.29) is 16.7 Å². The molecule has 0 saturated heterocycles. The number of hydrogen-bond acceptors (Lipinski definition) is 7. The highest BCUT2D eigenvalue weighted by atomic mass is 32.2. The summed E-state index contributed by atoms with van der Waals surface area (Å²) in [7, 11) is 4.05. The molecule has 1 unspecified atom stereocenters. The van der Waals surface area contributed by atoms with Crippen LogP contribution in [0, 0.1) is 10.1 Å². The van der Waals surface area contributed by atoms with Crippen molar-refractivity contribution in [2.24, 2.45) is 5.14 Å². The number of hydrogen-bond donors (Lipinski definition) is 2. The fourth-order valence-electron chi connectivity index (χ4n) is 2.40. The van der Waals surface area contributed by atoms with Crippen LogP contribution in [-0.4, -0.2) is 42.3 Å². The Morgan fingerprint density at radius 1 is 1.19 bits per heavy atom. The van der Waals surface area contributed by atoms with Crippen LogP contribution in [0.5, 0.6) is 0 Å². The molecule has 0 heterocycles.